The second-order valence-corrected chi connectivity index (χ2v) is 19.6. The molecular weight excluding hydrogens is 302 g/mol. The molecule has 0 unspecified atom stereocenters. The predicted molar refractivity (Wildman–Crippen MR) is 103 cm³/mol. The first-order valence-electron chi connectivity index (χ1n) is 8.16. The Morgan fingerprint density at radius 1 is 1.05 bits per heavy atom. The van der Waals surface area contributed by atoms with E-state index < -0.39 is 16.1 Å². The quantitative estimate of drug-likeness (QED) is 0.669. The predicted octanol–water partition coefficient (Wildman–Crippen LogP) is 5.34. The van der Waals surface area contributed by atoms with E-state index in [1.807, 2.05) is 12.1 Å². The van der Waals surface area contributed by atoms with Gasteiger partial charge in [-0.05, 0) is 24.6 Å². The van der Waals surface area contributed by atoms with Gasteiger partial charge in [0.15, 0.2) is 0 Å². The van der Waals surface area contributed by atoms with Gasteiger partial charge >= 0.3 is 0 Å². The van der Waals surface area contributed by atoms with Crippen molar-refractivity contribution in [3.8, 4) is 0 Å². The van der Waals surface area contributed by atoms with E-state index in [2.05, 4.69) is 72.5 Å². The first-order valence-corrected chi connectivity index (χ1v) is 15.6. The van der Waals surface area contributed by atoms with Crippen molar-refractivity contribution >= 4 is 32.9 Å². The number of fused-ring (bicyclic) bond motifs is 1. The Kier molecular flexibility index (Phi) is 5.07. The Hall–Kier alpha value is -1.21. The first-order chi connectivity index (χ1) is 10.2. The highest BCUT2D eigenvalue weighted by atomic mass is 28.3. The van der Waals surface area contributed by atoms with Crippen molar-refractivity contribution < 1.29 is 0 Å². The second kappa shape index (κ2) is 6.50. The van der Waals surface area contributed by atoms with Crippen LogP contribution < -0.4 is 0 Å². The van der Waals surface area contributed by atoms with Crippen molar-refractivity contribution in [2.24, 2.45) is 0 Å². The molecule has 0 N–H and O–H groups in total. The number of allylic oxidation sites excluding steroid dienone is 2. The Morgan fingerprint density at radius 3 is 2.36 bits per heavy atom. The largest absolute Gasteiger partial charge is 0.218 e. The van der Waals surface area contributed by atoms with Gasteiger partial charge in [-0.2, -0.15) is 0 Å². The average Bonchev–Trinajstić information content (AvgIpc) is 2.78. The molecule has 0 saturated heterocycles. The standard InChI is InChI=1S/C17H29N3Si2/c1-21(2,3)13-9-10-15(14-22(4,5)6)20-17-12-8-7-11-16(17)18-19-20/h7-8,10-12H,9,13-14H2,1-6H3/b15-10+. The normalized spacial score (nSPS) is 13.8. The molecule has 2 rings (SSSR count). The van der Waals surface area contributed by atoms with Crippen LogP contribution in [0.5, 0.6) is 0 Å². The van der Waals surface area contributed by atoms with Gasteiger partial charge in [-0.25, -0.2) is 4.68 Å². The molecule has 1 aromatic carbocycles. The zero-order valence-electron chi connectivity index (χ0n) is 14.8. The molecule has 120 valence electrons. The van der Waals surface area contributed by atoms with Crippen LogP contribution in [0.15, 0.2) is 30.3 Å². The molecule has 2 aromatic rings. The van der Waals surface area contributed by atoms with Gasteiger partial charge in [0.05, 0.1) is 13.6 Å². The monoisotopic (exact) mass is 331 g/mol. The molecule has 0 aliphatic rings. The van der Waals surface area contributed by atoms with Gasteiger partial charge in [-0.1, -0.05) is 68.7 Å². The molecule has 0 bridgehead atoms. The van der Waals surface area contributed by atoms with Gasteiger partial charge in [-0.15, -0.1) is 5.10 Å². The third-order valence-corrected chi connectivity index (χ3v) is 6.82. The molecule has 3 nitrogen and oxygen atoms in total. The first kappa shape index (κ1) is 17.2. The summed E-state index contributed by atoms with van der Waals surface area (Å²) in [5, 5.41) is 8.75. The zero-order chi connectivity index (χ0) is 16.4. The number of hydrogen-bond donors (Lipinski definition) is 0. The summed E-state index contributed by atoms with van der Waals surface area (Å²) < 4.78 is 2.07. The Morgan fingerprint density at radius 2 is 1.73 bits per heavy atom. The number of para-hydroxylation sites is 1. The average molecular weight is 332 g/mol. The maximum absolute atomic E-state index is 4.43. The lowest BCUT2D eigenvalue weighted by Crippen LogP contribution is -2.22. The lowest BCUT2D eigenvalue weighted by Gasteiger charge is -2.20. The zero-order valence-corrected chi connectivity index (χ0v) is 16.8. The van der Waals surface area contributed by atoms with Crippen molar-refractivity contribution in [1.82, 2.24) is 15.0 Å². The van der Waals surface area contributed by atoms with E-state index in [-0.39, 0.29) is 0 Å². The van der Waals surface area contributed by atoms with Crippen LogP contribution in [0.1, 0.15) is 6.42 Å². The molecule has 0 radical (unpaired) electrons. The molecule has 0 spiro atoms. The third-order valence-electron chi connectivity index (χ3n) is 3.61. The molecule has 0 fully saturated rings. The summed E-state index contributed by atoms with van der Waals surface area (Å²) in [5.41, 5.74) is 3.44. The molecular formula is C17H29N3Si2. The van der Waals surface area contributed by atoms with Crippen molar-refractivity contribution in [3.05, 3.63) is 30.3 Å². The minimum absolute atomic E-state index is 0.981. The van der Waals surface area contributed by atoms with Crippen molar-refractivity contribution in [1.29, 1.82) is 0 Å². The third kappa shape index (κ3) is 4.92. The van der Waals surface area contributed by atoms with Gasteiger partial charge < -0.3 is 0 Å². The van der Waals surface area contributed by atoms with Crippen LogP contribution in [0.25, 0.3) is 16.7 Å². The fourth-order valence-electron chi connectivity index (χ4n) is 2.53. The van der Waals surface area contributed by atoms with E-state index >= 15 is 0 Å². The van der Waals surface area contributed by atoms with Crippen LogP contribution in [0.3, 0.4) is 0 Å². The van der Waals surface area contributed by atoms with Crippen LogP contribution in [0.4, 0.5) is 0 Å². The van der Waals surface area contributed by atoms with Crippen LogP contribution in [0, 0.1) is 0 Å². The van der Waals surface area contributed by atoms with Crippen molar-refractivity contribution in [2.45, 2.75) is 57.8 Å². The number of rotatable bonds is 6. The number of aromatic nitrogens is 3. The molecule has 0 saturated carbocycles. The molecule has 0 aliphatic heterocycles. The minimum Gasteiger partial charge on any atom is -0.218 e. The van der Waals surface area contributed by atoms with Crippen LogP contribution in [-0.2, 0) is 0 Å². The molecule has 0 aliphatic carbocycles. The molecule has 1 heterocycles. The van der Waals surface area contributed by atoms with Crippen LogP contribution in [0.2, 0.25) is 51.4 Å². The highest BCUT2D eigenvalue weighted by molar-refractivity contribution is 6.77. The lowest BCUT2D eigenvalue weighted by molar-refractivity contribution is 0.829. The summed E-state index contributed by atoms with van der Waals surface area (Å²) in [7, 11) is -2.20. The lowest BCUT2D eigenvalue weighted by atomic mass is 10.3. The second-order valence-electron chi connectivity index (χ2n) is 8.52. The summed E-state index contributed by atoms with van der Waals surface area (Å²) >= 11 is 0. The van der Waals surface area contributed by atoms with Gasteiger partial charge in [0.1, 0.15) is 5.52 Å². The summed E-state index contributed by atoms with van der Waals surface area (Å²) in [4.78, 5) is 0. The van der Waals surface area contributed by atoms with Gasteiger partial charge in [0.2, 0.25) is 0 Å². The SMILES string of the molecule is C[Si](C)(C)CC/C=C(\C[Si](C)(C)C)n1nnc2ccccc21. The molecule has 22 heavy (non-hydrogen) atoms. The van der Waals surface area contributed by atoms with Crippen molar-refractivity contribution in [2.75, 3.05) is 0 Å². The number of nitrogens with zero attached hydrogens (tertiary/aromatic N) is 3. The van der Waals surface area contributed by atoms with Gasteiger partial charge in [0, 0.05) is 13.8 Å². The molecule has 0 atom stereocenters. The smallest absolute Gasteiger partial charge is 0.113 e. The van der Waals surface area contributed by atoms with E-state index in [0.29, 0.717) is 0 Å². The van der Waals surface area contributed by atoms with Crippen LogP contribution >= 0.6 is 0 Å². The minimum atomic E-state index is -1.21. The van der Waals surface area contributed by atoms with E-state index in [1.165, 1.54) is 11.7 Å². The topological polar surface area (TPSA) is 30.7 Å². The Balaban J connectivity index is 2.33. The Labute approximate surface area is 136 Å². The number of hydrogen-bond acceptors (Lipinski definition) is 2. The fourth-order valence-corrected chi connectivity index (χ4v) is 4.92. The molecule has 1 aromatic heterocycles. The highest BCUT2D eigenvalue weighted by Crippen LogP contribution is 2.25. The molecule has 0 amide bonds. The fraction of sp³-hybridized carbons (Fsp3) is 0.529. The van der Waals surface area contributed by atoms with Gasteiger partial charge in [0.25, 0.3) is 0 Å². The summed E-state index contributed by atoms with van der Waals surface area (Å²) in [6, 6.07) is 10.7. The maximum atomic E-state index is 4.43. The van der Waals surface area contributed by atoms with E-state index in [1.54, 1.807) is 0 Å². The van der Waals surface area contributed by atoms with Crippen LogP contribution in [-0.4, -0.2) is 31.1 Å². The summed E-state index contributed by atoms with van der Waals surface area (Å²) in [6.45, 7) is 14.5. The summed E-state index contributed by atoms with van der Waals surface area (Å²) in [5.74, 6) is 0. The van der Waals surface area contributed by atoms with Gasteiger partial charge in [-0.3, -0.25) is 0 Å². The summed E-state index contributed by atoms with van der Waals surface area (Å²) in [6.07, 6.45) is 3.57. The number of benzene rings is 1. The maximum Gasteiger partial charge on any atom is 0.113 e. The molecule has 5 heteroatoms. The highest BCUT2D eigenvalue weighted by Gasteiger charge is 2.19. The van der Waals surface area contributed by atoms with E-state index in [9.17, 15) is 0 Å². The van der Waals surface area contributed by atoms with E-state index in [0.717, 1.165) is 23.5 Å². The van der Waals surface area contributed by atoms with E-state index in [4.69, 9.17) is 0 Å². The Bertz CT molecular complexity index is 660. The van der Waals surface area contributed by atoms with Crippen molar-refractivity contribution in [3.63, 3.8) is 0 Å².